The van der Waals surface area contributed by atoms with Gasteiger partial charge in [-0.3, -0.25) is 14.2 Å². The second-order valence-corrected chi connectivity index (χ2v) is 5.84. The molecule has 0 N–H and O–H groups in total. The summed E-state index contributed by atoms with van der Waals surface area (Å²) in [5.41, 5.74) is 0.548. The van der Waals surface area contributed by atoms with E-state index in [1.807, 2.05) is 0 Å². The minimum absolute atomic E-state index is 0.00338. The number of carbonyl (C=O) groups is 1. The van der Waals surface area contributed by atoms with Crippen LogP contribution in [-0.2, 0) is 9.53 Å². The number of halogens is 1. The van der Waals surface area contributed by atoms with Crippen molar-refractivity contribution in [3.05, 3.63) is 64.7 Å². The molecular formula is C17H13FN2O3S. The fraction of sp³-hybridized carbons (Fsp3) is 0.118. The Morgan fingerprint density at radius 2 is 2.04 bits per heavy atom. The Bertz CT molecular complexity index is 971. The van der Waals surface area contributed by atoms with Crippen LogP contribution in [0.4, 0.5) is 4.39 Å². The van der Waals surface area contributed by atoms with E-state index >= 15 is 0 Å². The molecule has 5 nitrogen and oxygen atoms in total. The molecule has 0 atom stereocenters. The Labute approximate surface area is 141 Å². The molecule has 0 saturated carbocycles. The first-order chi connectivity index (χ1) is 11.6. The molecule has 0 bridgehead atoms. The van der Waals surface area contributed by atoms with E-state index in [1.54, 1.807) is 30.3 Å². The summed E-state index contributed by atoms with van der Waals surface area (Å²) in [6, 6.07) is 12.6. The molecule has 0 spiro atoms. The third kappa shape index (κ3) is 3.16. The van der Waals surface area contributed by atoms with Crippen molar-refractivity contribution in [2.24, 2.45) is 0 Å². The normalized spacial score (nSPS) is 10.8. The molecule has 24 heavy (non-hydrogen) atoms. The summed E-state index contributed by atoms with van der Waals surface area (Å²) in [5, 5.41) is 0.721. The van der Waals surface area contributed by atoms with Gasteiger partial charge < -0.3 is 4.74 Å². The molecular weight excluding hydrogens is 331 g/mol. The monoisotopic (exact) mass is 344 g/mol. The number of thioether (sulfide) groups is 1. The van der Waals surface area contributed by atoms with E-state index in [0.717, 1.165) is 11.8 Å². The fourth-order valence-electron chi connectivity index (χ4n) is 2.23. The topological polar surface area (TPSA) is 61.2 Å². The maximum Gasteiger partial charge on any atom is 0.316 e. The zero-order valence-electron chi connectivity index (χ0n) is 12.7. The quantitative estimate of drug-likeness (QED) is 0.414. The summed E-state index contributed by atoms with van der Waals surface area (Å²) in [7, 11) is 1.29. The van der Waals surface area contributed by atoms with Crippen LogP contribution in [0.15, 0.2) is 58.5 Å². The van der Waals surface area contributed by atoms with Crippen molar-refractivity contribution in [2.45, 2.75) is 5.16 Å². The lowest BCUT2D eigenvalue weighted by molar-refractivity contribution is -0.137. The number of rotatable bonds is 4. The van der Waals surface area contributed by atoms with Gasteiger partial charge in [0.25, 0.3) is 5.56 Å². The zero-order valence-corrected chi connectivity index (χ0v) is 13.5. The molecule has 1 heterocycles. The number of carbonyl (C=O) groups excluding carboxylic acids is 1. The number of esters is 1. The first kappa shape index (κ1) is 16.2. The van der Waals surface area contributed by atoms with E-state index in [2.05, 4.69) is 9.72 Å². The SMILES string of the molecule is COC(=O)CSc1nc2ccccc2c(=O)n1-c1cccc(F)c1. The summed E-state index contributed by atoms with van der Waals surface area (Å²) in [5.74, 6) is -0.902. The molecule has 0 aliphatic heterocycles. The molecule has 2 aromatic carbocycles. The van der Waals surface area contributed by atoms with Gasteiger partial charge >= 0.3 is 5.97 Å². The number of aromatic nitrogens is 2. The van der Waals surface area contributed by atoms with Crippen LogP contribution in [0.1, 0.15) is 0 Å². The lowest BCUT2D eigenvalue weighted by Gasteiger charge is -2.12. The van der Waals surface area contributed by atoms with Crippen LogP contribution < -0.4 is 5.56 Å². The molecule has 0 aliphatic carbocycles. The van der Waals surface area contributed by atoms with Crippen molar-refractivity contribution in [1.29, 1.82) is 0 Å². The molecule has 3 rings (SSSR count). The van der Waals surface area contributed by atoms with Gasteiger partial charge in [0.05, 0.1) is 29.5 Å². The number of hydrogen-bond donors (Lipinski definition) is 0. The van der Waals surface area contributed by atoms with Gasteiger partial charge in [0.15, 0.2) is 5.16 Å². The number of nitrogens with zero attached hydrogens (tertiary/aromatic N) is 2. The van der Waals surface area contributed by atoms with Crippen molar-refractivity contribution in [2.75, 3.05) is 12.9 Å². The Hall–Kier alpha value is -2.67. The van der Waals surface area contributed by atoms with Crippen LogP contribution in [0, 0.1) is 5.82 Å². The predicted molar refractivity (Wildman–Crippen MR) is 90.0 cm³/mol. The molecule has 1 aromatic heterocycles. The van der Waals surface area contributed by atoms with Crippen LogP contribution in [0.2, 0.25) is 0 Å². The highest BCUT2D eigenvalue weighted by molar-refractivity contribution is 7.99. The van der Waals surface area contributed by atoms with Crippen molar-refractivity contribution in [3.63, 3.8) is 0 Å². The minimum atomic E-state index is -0.462. The standard InChI is InChI=1S/C17H13FN2O3S/c1-23-15(21)10-24-17-19-14-8-3-2-7-13(14)16(22)20(17)12-6-4-5-11(18)9-12/h2-9H,10H2,1H3. The van der Waals surface area contributed by atoms with Crippen molar-refractivity contribution >= 4 is 28.6 Å². The Kier molecular flexibility index (Phi) is 4.61. The molecule has 0 fully saturated rings. The van der Waals surface area contributed by atoms with Crippen LogP contribution in [0.5, 0.6) is 0 Å². The van der Waals surface area contributed by atoms with Crippen LogP contribution in [0.3, 0.4) is 0 Å². The molecule has 0 unspecified atom stereocenters. The molecule has 122 valence electrons. The minimum Gasteiger partial charge on any atom is -0.468 e. The highest BCUT2D eigenvalue weighted by Gasteiger charge is 2.15. The molecule has 0 saturated heterocycles. The highest BCUT2D eigenvalue weighted by atomic mass is 32.2. The van der Waals surface area contributed by atoms with Gasteiger partial charge in [0.2, 0.25) is 0 Å². The van der Waals surface area contributed by atoms with E-state index < -0.39 is 11.8 Å². The lowest BCUT2D eigenvalue weighted by Crippen LogP contribution is -2.22. The first-order valence-electron chi connectivity index (χ1n) is 7.07. The summed E-state index contributed by atoms with van der Waals surface area (Å²) in [6.07, 6.45) is 0. The first-order valence-corrected chi connectivity index (χ1v) is 8.06. The van der Waals surface area contributed by atoms with Crippen LogP contribution in [-0.4, -0.2) is 28.4 Å². The Morgan fingerprint density at radius 1 is 1.25 bits per heavy atom. The summed E-state index contributed by atoms with van der Waals surface area (Å²) < 4.78 is 19.5. The van der Waals surface area contributed by atoms with E-state index in [4.69, 9.17) is 0 Å². The number of ether oxygens (including phenoxy) is 1. The van der Waals surface area contributed by atoms with Crippen molar-refractivity contribution in [3.8, 4) is 5.69 Å². The summed E-state index contributed by atoms with van der Waals surface area (Å²) in [6.45, 7) is 0. The number of fused-ring (bicyclic) bond motifs is 1. The summed E-state index contributed by atoms with van der Waals surface area (Å²) >= 11 is 1.06. The van der Waals surface area contributed by atoms with Gasteiger partial charge in [0.1, 0.15) is 5.82 Å². The van der Waals surface area contributed by atoms with E-state index in [9.17, 15) is 14.0 Å². The molecule has 0 aliphatic rings. The average molecular weight is 344 g/mol. The smallest absolute Gasteiger partial charge is 0.316 e. The molecule has 7 heteroatoms. The van der Waals surface area contributed by atoms with E-state index in [0.29, 0.717) is 21.7 Å². The van der Waals surface area contributed by atoms with Crippen LogP contribution in [0.25, 0.3) is 16.6 Å². The largest absolute Gasteiger partial charge is 0.468 e. The van der Waals surface area contributed by atoms with Gasteiger partial charge in [-0.25, -0.2) is 9.37 Å². The summed E-state index contributed by atoms with van der Waals surface area (Å²) in [4.78, 5) is 28.7. The van der Waals surface area contributed by atoms with Crippen molar-refractivity contribution < 1.29 is 13.9 Å². The number of methoxy groups -OCH3 is 1. The second-order valence-electron chi connectivity index (χ2n) is 4.90. The Balaban J connectivity index is 2.21. The van der Waals surface area contributed by atoms with E-state index in [-0.39, 0.29) is 11.3 Å². The molecule has 0 amide bonds. The van der Waals surface area contributed by atoms with Gasteiger partial charge in [-0.05, 0) is 30.3 Å². The fourth-order valence-corrected chi connectivity index (χ4v) is 3.08. The molecule has 0 radical (unpaired) electrons. The lowest BCUT2D eigenvalue weighted by atomic mass is 10.2. The van der Waals surface area contributed by atoms with Gasteiger partial charge in [-0.1, -0.05) is 30.0 Å². The maximum absolute atomic E-state index is 13.6. The van der Waals surface area contributed by atoms with Gasteiger partial charge in [-0.2, -0.15) is 0 Å². The molecule has 3 aromatic rings. The number of hydrogen-bond acceptors (Lipinski definition) is 5. The van der Waals surface area contributed by atoms with Gasteiger partial charge in [0, 0.05) is 0 Å². The van der Waals surface area contributed by atoms with E-state index in [1.165, 1.54) is 29.9 Å². The van der Waals surface area contributed by atoms with Crippen LogP contribution >= 0.6 is 11.8 Å². The number of para-hydroxylation sites is 1. The second kappa shape index (κ2) is 6.84. The maximum atomic E-state index is 13.6. The average Bonchev–Trinajstić information content (AvgIpc) is 2.59. The Morgan fingerprint density at radius 3 is 2.79 bits per heavy atom. The number of benzene rings is 2. The van der Waals surface area contributed by atoms with Crippen molar-refractivity contribution in [1.82, 2.24) is 9.55 Å². The third-order valence-corrected chi connectivity index (χ3v) is 4.27. The third-order valence-electron chi connectivity index (χ3n) is 3.36. The van der Waals surface area contributed by atoms with Gasteiger partial charge in [-0.15, -0.1) is 0 Å². The predicted octanol–water partition coefficient (Wildman–Crippen LogP) is 2.79. The highest BCUT2D eigenvalue weighted by Crippen LogP contribution is 2.21. The zero-order chi connectivity index (χ0) is 17.1.